The molecule has 5 N–H and O–H groups in total. The van der Waals surface area contributed by atoms with Gasteiger partial charge in [0, 0.05) is 10.7 Å². The molecule has 24 heavy (non-hydrogen) atoms. The Morgan fingerprint density at radius 1 is 1.38 bits per heavy atom. The van der Waals surface area contributed by atoms with Crippen molar-refractivity contribution < 1.29 is 9.59 Å². The topological polar surface area (TPSA) is 109 Å². The van der Waals surface area contributed by atoms with E-state index in [0.29, 0.717) is 22.8 Å². The molecule has 0 aromatic carbocycles. The van der Waals surface area contributed by atoms with E-state index in [1.807, 2.05) is 0 Å². The zero-order chi connectivity index (χ0) is 17.7. The number of hydrogen-bond donors (Lipinski definition) is 4. The van der Waals surface area contributed by atoms with Crippen molar-refractivity contribution in [2.45, 2.75) is 6.92 Å². The second-order valence-corrected chi connectivity index (χ2v) is 6.01. The number of aryl methyl sites for hydroxylation is 1. The van der Waals surface area contributed by atoms with Gasteiger partial charge in [-0.2, -0.15) is 0 Å². The molecule has 2 amide bonds. The highest BCUT2D eigenvalue weighted by Crippen LogP contribution is 2.19. The van der Waals surface area contributed by atoms with Crippen molar-refractivity contribution in [3.63, 3.8) is 0 Å². The van der Waals surface area contributed by atoms with Crippen LogP contribution in [0.4, 0.5) is 11.4 Å². The highest BCUT2D eigenvalue weighted by atomic mass is 79.9. The van der Waals surface area contributed by atoms with Crippen LogP contribution in [0.5, 0.6) is 0 Å². The van der Waals surface area contributed by atoms with Crippen LogP contribution in [0.15, 0.2) is 46.5 Å². The number of alkyl halides is 1. The Kier molecular flexibility index (Phi) is 5.99. The van der Waals surface area contributed by atoms with Gasteiger partial charge in [-0.25, -0.2) is 0 Å². The molecule has 0 bridgehead atoms. The Balaban J connectivity index is 2.17. The first-order valence-corrected chi connectivity index (χ1v) is 8.17. The van der Waals surface area contributed by atoms with E-state index in [0.717, 1.165) is 4.48 Å². The molecule has 0 spiro atoms. The van der Waals surface area contributed by atoms with Crippen LogP contribution in [-0.2, 0) is 9.59 Å². The fourth-order valence-electron chi connectivity index (χ4n) is 1.81. The minimum atomic E-state index is -0.487. The highest BCUT2D eigenvalue weighted by molar-refractivity contribution is 9.11. The first-order chi connectivity index (χ1) is 11.4. The van der Waals surface area contributed by atoms with E-state index < -0.39 is 5.91 Å². The van der Waals surface area contributed by atoms with Crippen molar-refractivity contribution in [3.05, 3.63) is 52.2 Å². The van der Waals surface area contributed by atoms with Gasteiger partial charge in [-0.15, -0.1) is 11.6 Å². The molecule has 0 radical (unpaired) electrons. The van der Waals surface area contributed by atoms with E-state index in [1.165, 1.54) is 6.20 Å². The molecule has 1 aliphatic heterocycles. The molecular formula is C15H15BrClN5O2. The number of anilines is 2. The SMILES string of the molecule is Cc1ncc(NC(=O)CCl)cc1NC(=O)/C(N)=C1\C=CC(Br)=CN1. The standard InChI is InChI=1S/C15H15BrClN5O2/c1-8-12(4-10(7-19-8)21-13(23)5-17)22-15(24)14(18)11-3-2-9(16)6-20-11/h2-4,6-7,20H,5,18H2,1H3,(H,21,23)(H,22,24)/b14-11-. The fourth-order valence-corrected chi connectivity index (χ4v) is 2.12. The van der Waals surface area contributed by atoms with Gasteiger partial charge in [0.15, 0.2) is 0 Å². The lowest BCUT2D eigenvalue weighted by Gasteiger charge is -2.14. The minimum Gasteiger partial charge on any atom is -0.393 e. The van der Waals surface area contributed by atoms with Gasteiger partial charge in [0.1, 0.15) is 11.6 Å². The van der Waals surface area contributed by atoms with E-state index in [4.69, 9.17) is 17.3 Å². The number of nitrogens with two attached hydrogens (primary N) is 1. The molecular weight excluding hydrogens is 398 g/mol. The summed E-state index contributed by atoms with van der Waals surface area (Å²) in [6.45, 7) is 1.73. The summed E-state index contributed by atoms with van der Waals surface area (Å²) in [6, 6.07) is 1.59. The number of carbonyl (C=O) groups excluding carboxylic acids is 2. The van der Waals surface area contributed by atoms with E-state index in [-0.39, 0.29) is 17.5 Å². The third-order valence-corrected chi connectivity index (χ3v) is 3.79. The molecule has 0 saturated carbocycles. The monoisotopic (exact) mass is 411 g/mol. The number of pyridine rings is 1. The number of rotatable bonds is 4. The number of aromatic nitrogens is 1. The summed E-state index contributed by atoms with van der Waals surface area (Å²) in [5.41, 5.74) is 7.83. The van der Waals surface area contributed by atoms with Gasteiger partial charge < -0.3 is 21.7 Å². The Morgan fingerprint density at radius 3 is 2.75 bits per heavy atom. The molecule has 0 saturated heterocycles. The Bertz CT molecular complexity index is 773. The number of carbonyl (C=O) groups is 2. The largest absolute Gasteiger partial charge is 0.393 e. The summed E-state index contributed by atoms with van der Waals surface area (Å²) in [5.74, 6) is -1.02. The predicted molar refractivity (Wildman–Crippen MR) is 97.5 cm³/mol. The van der Waals surface area contributed by atoms with Crippen LogP contribution in [0.3, 0.4) is 0 Å². The number of allylic oxidation sites excluding steroid dienone is 3. The minimum absolute atomic E-state index is 0.0251. The fraction of sp³-hybridized carbons (Fsp3) is 0.133. The van der Waals surface area contributed by atoms with Crippen LogP contribution < -0.4 is 21.7 Å². The number of nitrogens with one attached hydrogen (secondary N) is 3. The van der Waals surface area contributed by atoms with Crippen LogP contribution in [0.25, 0.3) is 0 Å². The van der Waals surface area contributed by atoms with E-state index in [9.17, 15) is 9.59 Å². The maximum Gasteiger partial charge on any atom is 0.273 e. The molecule has 2 heterocycles. The third-order valence-electron chi connectivity index (χ3n) is 3.05. The lowest BCUT2D eigenvalue weighted by molar-refractivity contribution is -0.114. The van der Waals surface area contributed by atoms with Crippen LogP contribution in [0, 0.1) is 6.92 Å². The van der Waals surface area contributed by atoms with Gasteiger partial charge in [-0.3, -0.25) is 14.6 Å². The van der Waals surface area contributed by atoms with Gasteiger partial charge in [0.2, 0.25) is 5.91 Å². The van der Waals surface area contributed by atoms with Crippen LogP contribution in [0.1, 0.15) is 5.69 Å². The number of halogens is 2. The summed E-state index contributed by atoms with van der Waals surface area (Å²) in [4.78, 5) is 27.8. The van der Waals surface area contributed by atoms with Gasteiger partial charge in [0.25, 0.3) is 5.91 Å². The van der Waals surface area contributed by atoms with Crippen molar-refractivity contribution in [2.75, 3.05) is 16.5 Å². The lowest BCUT2D eigenvalue weighted by atomic mass is 10.2. The summed E-state index contributed by atoms with van der Waals surface area (Å²) in [5, 5.41) is 8.15. The smallest absolute Gasteiger partial charge is 0.273 e. The number of hydrogen-bond acceptors (Lipinski definition) is 5. The second-order valence-electron chi connectivity index (χ2n) is 4.83. The molecule has 1 aliphatic rings. The quantitative estimate of drug-likeness (QED) is 0.447. The second kappa shape index (κ2) is 7.98. The summed E-state index contributed by atoms with van der Waals surface area (Å²) in [6.07, 6.45) is 6.60. The molecule has 1 aromatic rings. The zero-order valence-corrected chi connectivity index (χ0v) is 15.0. The first kappa shape index (κ1) is 18.0. The Morgan fingerprint density at radius 2 is 2.12 bits per heavy atom. The highest BCUT2D eigenvalue weighted by Gasteiger charge is 2.14. The number of dihydropyridines is 1. The summed E-state index contributed by atoms with van der Waals surface area (Å²) in [7, 11) is 0. The van der Waals surface area contributed by atoms with Gasteiger partial charge in [-0.05, 0) is 41.1 Å². The Labute approximate surface area is 152 Å². The molecule has 2 rings (SSSR count). The number of amides is 2. The van der Waals surface area contributed by atoms with Crippen LogP contribution >= 0.6 is 27.5 Å². The Hall–Kier alpha value is -2.32. The molecule has 9 heteroatoms. The first-order valence-electron chi connectivity index (χ1n) is 6.84. The summed E-state index contributed by atoms with van der Waals surface area (Å²) < 4.78 is 0.835. The van der Waals surface area contributed by atoms with E-state index >= 15 is 0 Å². The van der Waals surface area contributed by atoms with Crippen molar-refractivity contribution in [1.29, 1.82) is 0 Å². The third kappa shape index (κ3) is 4.59. The molecule has 126 valence electrons. The summed E-state index contributed by atoms with van der Waals surface area (Å²) >= 11 is 8.74. The predicted octanol–water partition coefficient (Wildman–Crippen LogP) is 2.07. The molecule has 0 aliphatic carbocycles. The maximum absolute atomic E-state index is 12.3. The molecule has 0 fully saturated rings. The average Bonchev–Trinajstić information content (AvgIpc) is 2.57. The lowest BCUT2D eigenvalue weighted by Crippen LogP contribution is -2.26. The molecule has 1 aromatic heterocycles. The molecule has 7 nitrogen and oxygen atoms in total. The van der Waals surface area contributed by atoms with Crippen LogP contribution in [-0.4, -0.2) is 22.7 Å². The number of nitrogens with zero attached hydrogens (tertiary/aromatic N) is 1. The van der Waals surface area contributed by atoms with E-state index in [1.54, 1.807) is 31.3 Å². The van der Waals surface area contributed by atoms with Gasteiger partial charge in [0.05, 0.1) is 29.0 Å². The van der Waals surface area contributed by atoms with Crippen LogP contribution in [0.2, 0.25) is 0 Å². The van der Waals surface area contributed by atoms with Crippen molar-refractivity contribution >= 4 is 50.7 Å². The van der Waals surface area contributed by atoms with Gasteiger partial charge in [-0.1, -0.05) is 0 Å². The van der Waals surface area contributed by atoms with Gasteiger partial charge >= 0.3 is 0 Å². The normalized spacial score (nSPS) is 15.2. The van der Waals surface area contributed by atoms with Crippen molar-refractivity contribution in [1.82, 2.24) is 10.3 Å². The molecule has 0 unspecified atom stereocenters. The van der Waals surface area contributed by atoms with Crippen molar-refractivity contribution in [3.8, 4) is 0 Å². The van der Waals surface area contributed by atoms with Crippen molar-refractivity contribution in [2.24, 2.45) is 5.73 Å². The van der Waals surface area contributed by atoms with E-state index in [2.05, 4.69) is 36.9 Å². The average molecular weight is 413 g/mol. The zero-order valence-electron chi connectivity index (χ0n) is 12.7. The maximum atomic E-state index is 12.3. The molecule has 0 atom stereocenters.